The maximum Gasteiger partial charge on any atom is 0.418 e. The molecule has 184 valence electrons. The number of aryl methyl sites for hydroxylation is 2. The van der Waals surface area contributed by atoms with Crippen molar-refractivity contribution >= 4 is 29.4 Å². The van der Waals surface area contributed by atoms with Crippen molar-refractivity contribution in [3.05, 3.63) is 89.5 Å². The summed E-state index contributed by atoms with van der Waals surface area (Å²) in [4.78, 5) is 53.2. The first kappa shape index (κ1) is 24.7. The van der Waals surface area contributed by atoms with E-state index in [1.165, 1.54) is 26.0 Å². The number of cyclic esters (lactones) is 1. The number of anilines is 1. The SMILES string of the molecule is Cc1ccc(Oc2ccccc2NC(=O)C(C(=O)c2ccccc2)N2C(=O)OC(C)(C)C2=O)c(C)c1. The standard InChI is InChI=1S/C28H26N2O6/c1-17-14-15-21(18(2)16-17)35-22-13-9-8-12-20(22)29-25(32)23(24(31)19-10-6-5-7-11-19)30-26(33)28(3,4)36-27(30)34/h5-16,23H,1-4H3,(H,29,32). The van der Waals surface area contributed by atoms with Crippen LogP contribution < -0.4 is 10.1 Å². The molecule has 0 radical (unpaired) electrons. The molecular formula is C28H26N2O6. The molecule has 1 saturated heterocycles. The van der Waals surface area contributed by atoms with Crippen molar-refractivity contribution in [1.29, 1.82) is 0 Å². The number of carbonyl (C=O) groups excluding carboxylic acids is 4. The lowest BCUT2D eigenvalue weighted by atomic mass is 10.0. The Kier molecular flexibility index (Phi) is 6.61. The van der Waals surface area contributed by atoms with Crippen molar-refractivity contribution in [1.82, 2.24) is 4.90 Å². The fraction of sp³-hybridized carbons (Fsp3) is 0.214. The predicted octanol–water partition coefficient (Wildman–Crippen LogP) is 5.04. The van der Waals surface area contributed by atoms with Crippen LogP contribution in [0, 0.1) is 13.8 Å². The minimum atomic E-state index is -1.77. The summed E-state index contributed by atoms with van der Waals surface area (Å²) in [6.07, 6.45) is -1.06. The van der Waals surface area contributed by atoms with Gasteiger partial charge in [-0.3, -0.25) is 14.4 Å². The highest BCUT2D eigenvalue weighted by molar-refractivity contribution is 6.22. The molecular weight excluding hydrogens is 460 g/mol. The van der Waals surface area contributed by atoms with Crippen LogP contribution in [-0.2, 0) is 14.3 Å². The van der Waals surface area contributed by atoms with Crippen LogP contribution in [0.3, 0.4) is 0 Å². The van der Waals surface area contributed by atoms with Crippen LogP contribution in [0.25, 0.3) is 0 Å². The van der Waals surface area contributed by atoms with Gasteiger partial charge in [-0.2, -0.15) is 0 Å². The maximum atomic E-state index is 13.5. The van der Waals surface area contributed by atoms with Gasteiger partial charge in [-0.15, -0.1) is 0 Å². The van der Waals surface area contributed by atoms with E-state index < -0.39 is 35.3 Å². The lowest BCUT2D eigenvalue weighted by molar-refractivity contribution is -0.137. The smallest absolute Gasteiger partial charge is 0.418 e. The second-order valence-electron chi connectivity index (χ2n) is 9.04. The third kappa shape index (κ3) is 4.84. The summed E-state index contributed by atoms with van der Waals surface area (Å²) >= 11 is 0. The summed E-state index contributed by atoms with van der Waals surface area (Å²) < 4.78 is 11.2. The van der Waals surface area contributed by atoms with E-state index in [1.807, 2.05) is 32.0 Å². The predicted molar refractivity (Wildman–Crippen MR) is 133 cm³/mol. The van der Waals surface area contributed by atoms with E-state index in [9.17, 15) is 19.2 Å². The minimum absolute atomic E-state index is 0.169. The summed E-state index contributed by atoms with van der Waals surface area (Å²) in [5.74, 6) is -1.44. The van der Waals surface area contributed by atoms with E-state index in [-0.39, 0.29) is 11.3 Å². The van der Waals surface area contributed by atoms with Crippen molar-refractivity contribution < 1.29 is 28.7 Å². The van der Waals surface area contributed by atoms with Gasteiger partial charge in [0.1, 0.15) is 5.75 Å². The van der Waals surface area contributed by atoms with Crippen LogP contribution in [0.15, 0.2) is 72.8 Å². The first-order valence-electron chi connectivity index (χ1n) is 11.4. The van der Waals surface area contributed by atoms with E-state index in [0.717, 1.165) is 11.1 Å². The van der Waals surface area contributed by atoms with Gasteiger partial charge < -0.3 is 14.8 Å². The number of amides is 3. The molecule has 0 saturated carbocycles. The number of benzene rings is 3. The Bertz CT molecular complexity index is 1350. The Morgan fingerprint density at radius 2 is 1.58 bits per heavy atom. The molecule has 0 bridgehead atoms. The number of ketones is 1. The molecule has 1 aliphatic heterocycles. The Hall–Kier alpha value is -4.46. The molecule has 1 N–H and O–H groups in total. The zero-order valence-electron chi connectivity index (χ0n) is 20.4. The number of nitrogens with zero attached hydrogens (tertiary/aromatic N) is 1. The number of Topliss-reactive ketones (excluding diaryl/α,β-unsaturated/α-hetero) is 1. The van der Waals surface area contributed by atoms with Crippen LogP contribution >= 0.6 is 0 Å². The van der Waals surface area contributed by atoms with Crippen molar-refractivity contribution in [3.63, 3.8) is 0 Å². The number of hydrogen-bond donors (Lipinski definition) is 1. The van der Waals surface area contributed by atoms with Crippen LogP contribution in [0.4, 0.5) is 10.5 Å². The second-order valence-corrected chi connectivity index (χ2v) is 9.04. The molecule has 1 atom stereocenters. The van der Waals surface area contributed by atoms with E-state index in [2.05, 4.69) is 5.32 Å². The van der Waals surface area contributed by atoms with Gasteiger partial charge in [0.15, 0.2) is 23.2 Å². The highest BCUT2D eigenvalue weighted by Crippen LogP contribution is 2.33. The number of imide groups is 1. The number of rotatable bonds is 7. The molecule has 0 aliphatic carbocycles. The summed E-state index contributed by atoms with van der Waals surface area (Å²) in [5, 5.41) is 2.67. The molecule has 3 amide bonds. The topological polar surface area (TPSA) is 102 Å². The molecule has 36 heavy (non-hydrogen) atoms. The molecule has 1 aliphatic rings. The average molecular weight is 487 g/mol. The molecule has 1 unspecified atom stereocenters. The fourth-order valence-corrected chi connectivity index (χ4v) is 3.91. The molecule has 1 fully saturated rings. The van der Waals surface area contributed by atoms with Crippen molar-refractivity contribution in [2.24, 2.45) is 0 Å². The third-order valence-corrected chi connectivity index (χ3v) is 5.78. The van der Waals surface area contributed by atoms with E-state index in [4.69, 9.17) is 9.47 Å². The summed E-state index contributed by atoms with van der Waals surface area (Å²) in [7, 11) is 0. The molecule has 3 aromatic carbocycles. The first-order chi connectivity index (χ1) is 17.1. The normalized spacial score (nSPS) is 15.3. The summed E-state index contributed by atoms with van der Waals surface area (Å²) in [6, 6.07) is 18.6. The maximum absolute atomic E-state index is 13.5. The van der Waals surface area contributed by atoms with Gasteiger partial charge in [0.25, 0.3) is 11.8 Å². The molecule has 0 spiro atoms. The van der Waals surface area contributed by atoms with Crippen LogP contribution in [0.1, 0.15) is 35.3 Å². The van der Waals surface area contributed by atoms with Crippen molar-refractivity contribution in [3.8, 4) is 11.5 Å². The van der Waals surface area contributed by atoms with E-state index in [1.54, 1.807) is 42.5 Å². The Labute approximate surface area is 208 Å². The van der Waals surface area contributed by atoms with Crippen LogP contribution in [0.5, 0.6) is 11.5 Å². The molecule has 8 nitrogen and oxygen atoms in total. The van der Waals surface area contributed by atoms with Gasteiger partial charge in [-0.25, -0.2) is 9.69 Å². The summed E-state index contributed by atoms with van der Waals surface area (Å²) in [5.41, 5.74) is 0.918. The van der Waals surface area contributed by atoms with Gasteiger partial charge in [0.2, 0.25) is 0 Å². The van der Waals surface area contributed by atoms with Crippen molar-refractivity contribution in [2.75, 3.05) is 5.32 Å². The highest BCUT2D eigenvalue weighted by atomic mass is 16.6. The third-order valence-electron chi connectivity index (χ3n) is 5.78. The second kappa shape index (κ2) is 9.65. The molecule has 1 heterocycles. The van der Waals surface area contributed by atoms with E-state index in [0.29, 0.717) is 16.4 Å². The fourth-order valence-electron chi connectivity index (χ4n) is 3.91. The molecule has 8 heteroatoms. The average Bonchev–Trinajstić information content (AvgIpc) is 3.04. The number of carbonyl (C=O) groups is 4. The lowest BCUT2D eigenvalue weighted by Gasteiger charge is -2.23. The Morgan fingerprint density at radius 1 is 0.917 bits per heavy atom. The molecule has 0 aromatic heterocycles. The number of hydrogen-bond acceptors (Lipinski definition) is 6. The molecule has 3 aromatic rings. The van der Waals surface area contributed by atoms with Gasteiger partial charge in [-0.05, 0) is 51.5 Å². The van der Waals surface area contributed by atoms with Crippen LogP contribution in [-0.4, -0.2) is 40.2 Å². The van der Waals surface area contributed by atoms with Gasteiger partial charge in [0.05, 0.1) is 5.69 Å². The Balaban J connectivity index is 1.68. The minimum Gasteiger partial charge on any atom is -0.455 e. The first-order valence-corrected chi connectivity index (χ1v) is 11.4. The zero-order valence-corrected chi connectivity index (χ0v) is 20.4. The Morgan fingerprint density at radius 3 is 2.22 bits per heavy atom. The monoisotopic (exact) mass is 486 g/mol. The van der Waals surface area contributed by atoms with Gasteiger partial charge >= 0.3 is 6.09 Å². The van der Waals surface area contributed by atoms with Gasteiger partial charge in [-0.1, -0.05) is 60.2 Å². The quantitative estimate of drug-likeness (QED) is 0.371. The molecule has 4 rings (SSSR count). The largest absolute Gasteiger partial charge is 0.455 e. The van der Waals surface area contributed by atoms with E-state index >= 15 is 0 Å². The number of ether oxygens (including phenoxy) is 2. The lowest BCUT2D eigenvalue weighted by Crippen LogP contribution is -2.53. The number of para-hydroxylation sites is 2. The van der Waals surface area contributed by atoms with Gasteiger partial charge in [0, 0.05) is 5.56 Å². The van der Waals surface area contributed by atoms with Crippen LogP contribution in [0.2, 0.25) is 0 Å². The number of nitrogens with one attached hydrogen (secondary N) is 1. The summed E-state index contributed by atoms with van der Waals surface area (Å²) in [6.45, 7) is 6.69. The highest BCUT2D eigenvalue weighted by Gasteiger charge is 2.53. The zero-order chi connectivity index (χ0) is 26.0. The van der Waals surface area contributed by atoms with Crippen molar-refractivity contribution in [2.45, 2.75) is 39.3 Å².